The predicted molar refractivity (Wildman–Crippen MR) is 74.5 cm³/mol. The molecule has 1 aromatic rings. The summed E-state index contributed by atoms with van der Waals surface area (Å²) in [7, 11) is 0. The molecule has 0 unspecified atom stereocenters. The van der Waals surface area contributed by atoms with Crippen molar-refractivity contribution < 1.29 is 4.92 Å². The molecule has 100 valence electrons. The van der Waals surface area contributed by atoms with E-state index in [1.54, 1.807) is 6.07 Å². The first kappa shape index (κ1) is 14.7. The van der Waals surface area contributed by atoms with Crippen molar-refractivity contribution in [1.29, 1.82) is 0 Å². The van der Waals surface area contributed by atoms with Gasteiger partial charge in [-0.3, -0.25) is 10.1 Å². The lowest BCUT2D eigenvalue weighted by Crippen LogP contribution is -2.17. The Morgan fingerprint density at radius 1 is 1.39 bits per heavy atom. The first-order chi connectivity index (χ1) is 8.56. The van der Waals surface area contributed by atoms with E-state index in [1.807, 2.05) is 6.92 Å². The first-order valence-corrected chi connectivity index (χ1v) is 6.33. The molecule has 2 N–H and O–H groups in total. The van der Waals surface area contributed by atoms with Gasteiger partial charge in [-0.2, -0.15) is 0 Å². The van der Waals surface area contributed by atoms with Gasteiger partial charge in [0.2, 0.25) is 0 Å². The third-order valence-electron chi connectivity index (χ3n) is 2.59. The number of rotatable bonds is 7. The monoisotopic (exact) mass is 271 g/mol. The summed E-state index contributed by atoms with van der Waals surface area (Å²) in [6.07, 6.45) is 0.988. The average Bonchev–Trinajstić information content (AvgIpc) is 2.32. The van der Waals surface area contributed by atoms with Crippen molar-refractivity contribution in [3.63, 3.8) is 0 Å². The van der Waals surface area contributed by atoms with E-state index in [9.17, 15) is 10.1 Å². The lowest BCUT2D eigenvalue weighted by atomic mass is 10.1. The second-order valence-corrected chi connectivity index (χ2v) is 4.42. The van der Waals surface area contributed by atoms with Crippen LogP contribution in [0.15, 0.2) is 12.1 Å². The molecule has 5 nitrogen and oxygen atoms in total. The van der Waals surface area contributed by atoms with Gasteiger partial charge in [-0.25, -0.2) is 0 Å². The number of aryl methyl sites for hydroxylation is 1. The largest absolute Gasteiger partial charge is 0.385 e. The molecular formula is C12H18ClN3O2. The second-order valence-electron chi connectivity index (χ2n) is 4.01. The zero-order valence-electron chi connectivity index (χ0n) is 10.6. The van der Waals surface area contributed by atoms with Crippen LogP contribution in [0.2, 0.25) is 5.02 Å². The van der Waals surface area contributed by atoms with Crippen LogP contribution >= 0.6 is 11.6 Å². The molecule has 18 heavy (non-hydrogen) atoms. The van der Waals surface area contributed by atoms with Crippen molar-refractivity contribution in [2.45, 2.75) is 20.3 Å². The zero-order valence-corrected chi connectivity index (χ0v) is 11.4. The van der Waals surface area contributed by atoms with Gasteiger partial charge in [0.1, 0.15) is 5.02 Å². The van der Waals surface area contributed by atoms with Crippen LogP contribution in [0.5, 0.6) is 0 Å². The van der Waals surface area contributed by atoms with E-state index < -0.39 is 4.92 Å². The maximum absolute atomic E-state index is 10.7. The van der Waals surface area contributed by atoms with E-state index in [2.05, 4.69) is 17.6 Å². The molecule has 0 aliphatic rings. The fraction of sp³-hybridized carbons (Fsp3) is 0.500. The lowest BCUT2D eigenvalue weighted by Gasteiger charge is -2.10. The van der Waals surface area contributed by atoms with E-state index in [-0.39, 0.29) is 10.7 Å². The second kappa shape index (κ2) is 7.18. The molecule has 0 radical (unpaired) electrons. The average molecular weight is 272 g/mol. The number of hydrogen-bond donors (Lipinski definition) is 2. The molecule has 6 heteroatoms. The van der Waals surface area contributed by atoms with E-state index >= 15 is 0 Å². The third kappa shape index (κ3) is 4.16. The Balaban J connectivity index is 2.62. The summed E-state index contributed by atoms with van der Waals surface area (Å²) in [5.74, 6) is 0. The first-order valence-electron chi connectivity index (χ1n) is 5.95. The quantitative estimate of drug-likeness (QED) is 0.454. The van der Waals surface area contributed by atoms with E-state index in [0.717, 1.165) is 37.3 Å². The van der Waals surface area contributed by atoms with Gasteiger partial charge < -0.3 is 10.6 Å². The number of nitrogens with one attached hydrogen (secondary N) is 2. The smallest absolute Gasteiger partial charge is 0.288 e. The highest BCUT2D eigenvalue weighted by Gasteiger charge is 2.14. The van der Waals surface area contributed by atoms with Gasteiger partial charge in [0.15, 0.2) is 0 Å². The number of nitro benzene ring substituents is 1. The summed E-state index contributed by atoms with van der Waals surface area (Å²) in [5.41, 5.74) is 1.63. The Morgan fingerprint density at radius 2 is 2.11 bits per heavy atom. The molecule has 0 aliphatic carbocycles. The Hall–Kier alpha value is -1.33. The SMILES string of the molecule is CCNCCCNc1cc(Cl)c([N+](=O)[O-])cc1C. The molecule has 0 spiro atoms. The standard InChI is InChI=1S/C12H18ClN3O2/c1-3-14-5-4-6-15-11-8-10(13)12(16(17)18)7-9(11)2/h7-8,14-15H,3-6H2,1-2H3. The molecule has 0 saturated carbocycles. The molecular weight excluding hydrogens is 254 g/mol. The van der Waals surface area contributed by atoms with Crippen LogP contribution in [0.3, 0.4) is 0 Å². The lowest BCUT2D eigenvalue weighted by molar-refractivity contribution is -0.384. The highest BCUT2D eigenvalue weighted by molar-refractivity contribution is 6.33. The van der Waals surface area contributed by atoms with Gasteiger partial charge in [0.05, 0.1) is 4.92 Å². The van der Waals surface area contributed by atoms with E-state index in [4.69, 9.17) is 11.6 Å². The summed E-state index contributed by atoms with van der Waals surface area (Å²) < 4.78 is 0. The van der Waals surface area contributed by atoms with Crippen LogP contribution in [0.25, 0.3) is 0 Å². The number of hydrogen-bond acceptors (Lipinski definition) is 4. The molecule has 0 atom stereocenters. The van der Waals surface area contributed by atoms with Gasteiger partial charge in [0.25, 0.3) is 5.69 Å². The van der Waals surface area contributed by atoms with Crippen molar-refractivity contribution in [3.8, 4) is 0 Å². The topological polar surface area (TPSA) is 67.2 Å². The minimum absolute atomic E-state index is 0.0487. The number of anilines is 1. The molecule has 0 saturated heterocycles. The number of halogens is 1. The molecule has 0 fully saturated rings. The molecule has 1 rings (SSSR count). The summed E-state index contributed by atoms with van der Waals surface area (Å²) in [6, 6.07) is 3.11. The normalized spacial score (nSPS) is 10.4. The van der Waals surface area contributed by atoms with Gasteiger partial charge >= 0.3 is 0 Å². The van der Waals surface area contributed by atoms with Gasteiger partial charge in [-0.15, -0.1) is 0 Å². The number of benzene rings is 1. The van der Waals surface area contributed by atoms with Gasteiger partial charge in [-0.1, -0.05) is 18.5 Å². The summed E-state index contributed by atoms with van der Waals surface area (Å²) in [5, 5.41) is 17.3. The highest BCUT2D eigenvalue weighted by Crippen LogP contribution is 2.30. The van der Waals surface area contributed by atoms with Crippen molar-refractivity contribution in [3.05, 3.63) is 32.8 Å². The van der Waals surface area contributed by atoms with Crippen LogP contribution in [-0.2, 0) is 0 Å². The Bertz CT molecular complexity index is 424. The highest BCUT2D eigenvalue weighted by atomic mass is 35.5. The van der Waals surface area contributed by atoms with Crippen LogP contribution in [0.1, 0.15) is 18.9 Å². The van der Waals surface area contributed by atoms with Crippen molar-refractivity contribution in [1.82, 2.24) is 5.32 Å². The molecule has 0 aliphatic heterocycles. The van der Waals surface area contributed by atoms with Crippen molar-refractivity contribution >= 4 is 23.0 Å². The molecule has 0 aromatic heterocycles. The summed E-state index contributed by atoms with van der Waals surface area (Å²) >= 11 is 5.86. The van der Waals surface area contributed by atoms with Crippen molar-refractivity contribution in [2.75, 3.05) is 25.0 Å². The van der Waals surface area contributed by atoms with Crippen LogP contribution < -0.4 is 10.6 Å². The van der Waals surface area contributed by atoms with Gasteiger partial charge in [0, 0.05) is 18.3 Å². The zero-order chi connectivity index (χ0) is 13.5. The maximum Gasteiger partial charge on any atom is 0.288 e. The maximum atomic E-state index is 10.7. The number of nitrogens with zero attached hydrogens (tertiary/aromatic N) is 1. The fourth-order valence-electron chi connectivity index (χ4n) is 1.61. The Labute approximate surface area is 112 Å². The van der Waals surface area contributed by atoms with Crippen LogP contribution in [0, 0.1) is 17.0 Å². The van der Waals surface area contributed by atoms with Gasteiger partial charge in [-0.05, 0) is 38.1 Å². The minimum Gasteiger partial charge on any atom is -0.385 e. The fourth-order valence-corrected chi connectivity index (χ4v) is 1.84. The molecule has 1 aromatic carbocycles. The Morgan fingerprint density at radius 3 is 2.72 bits per heavy atom. The van der Waals surface area contributed by atoms with Crippen LogP contribution in [-0.4, -0.2) is 24.6 Å². The van der Waals surface area contributed by atoms with E-state index in [1.165, 1.54) is 6.07 Å². The molecule has 0 amide bonds. The summed E-state index contributed by atoms with van der Waals surface area (Å²) in [4.78, 5) is 10.2. The third-order valence-corrected chi connectivity index (χ3v) is 2.89. The van der Waals surface area contributed by atoms with E-state index in [0.29, 0.717) is 0 Å². The molecule has 0 bridgehead atoms. The number of nitro groups is 1. The van der Waals surface area contributed by atoms with Crippen molar-refractivity contribution in [2.24, 2.45) is 0 Å². The van der Waals surface area contributed by atoms with Crippen LogP contribution in [0.4, 0.5) is 11.4 Å². The summed E-state index contributed by atoms with van der Waals surface area (Å²) in [6.45, 7) is 6.61. The predicted octanol–water partition coefficient (Wildman–Crippen LogP) is 2.97. The molecule has 0 heterocycles. The minimum atomic E-state index is -0.468. The Kier molecular flexibility index (Phi) is 5.88.